The molecule has 1 aromatic heterocycles. The summed E-state index contributed by atoms with van der Waals surface area (Å²) in [6, 6.07) is 12.8. The Morgan fingerprint density at radius 2 is 1.78 bits per heavy atom. The Hall–Kier alpha value is -3.74. The van der Waals surface area contributed by atoms with Gasteiger partial charge >= 0.3 is 0 Å². The number of aryl methyl sites for hydroxylation is 1. The molecule has 0 bridgehead atoms. The zero-order valence-electron chi connectivity index (χ0n) is 18.9. The summed E-state index contributed by atoms with van der Waals surface area (Å²) in [6.07, 6.45) is 4.50. The number of ether oxygens (including phenoxy) is 2. The van der Waals surface area contributed by atoms with Gasteiger partial charge in [-0.05, 0) is 43.7 Å². The standard InChI is InChI=1S/C25H29N3O4/c1-5-13-26-25(30)20(14-18-16-28(6-2)21-10-8-7-9-19(18)21)27-24(29)17-11-12-22(31-3)23(15-17)32-4/h7-12,14-16H,5-6,13H2,1-4H3,(H,26,30)(H,27,29). The van der Waals surface area contributed by atoms with Crippen molar-refractivity contribution in [3.8, 4) is 11.5 Å². The molecule has 0 saturated carbocycles. The average molecular weight is 436 g/mol. The van der Waals surface area contributed by atoms with Gasteiger partial charge in [0.2, 0.25) is 0 Å². The average Bonchev–Trinajstić information content (AvgIpc) is 3.19. The minimum atomic E-state index is -0.414. The molecule has 0 atom stereocenters. The second kappa shape index (κ2) is 10.5. The molecule has 0 radical (unpaired) electrons. The van der Waals surface area contributed by atoms with Crippen LogP contribution in [0.2, 0.25) is 0 Å². The van der Waals surface area contributed by atoms with E-state index in [1.165, 1.54) is 14.2 Å². The van der Waals surface area contributed by atoms with Gasteiger partial charge in [-0.25, -0.2) is 0 Å². The Morgan fingerprint density at radius 1 is 1.03 bits per heavy atom. The molecular formula is C25H29N3O4. The number of carbonyl (C=O) groups is 2. The summed E-state index contributed by atoms with van der Waals surface area (Å²) in [4.78, 5) is 25.8. The Morgan fingerprint density at radius 3 is 2.47 bits per heavy atom. The first kappa shape index (κ1) is 22.9. The molecule has 0 aliphatic rings. The third-order valence-electron chi connectivity index (χ3n) is 5.13. The van der Waals surface area contributed by atoms with E-state index in [9.17, 15) is 9.59 Å². The van der Waals surface area contributed by atoms with Crippen molar-refractivity contribution in [1.82, 2.24) is 15.2 Å². The van der Waals surface area contributed by atoms with Gasteiger partial charge in [-0.2, -0.15) is 0 Å². The molecule has 2 amide bonds. The number of nitrogens with one attached hydrogen (secondary N) is 2. The number of fused-ring (bicyclic) bond motifs is 1. The molecule has 3 rings (SSSR count). The van der Waals surface area contributed by atoms with Crippen molar-refractivity contribution in [3.05, 3.63) is 65.5 Å². The zero-order chi connectivity index (χ0) is 23.1. The van der Waals surface area contributed by atoms with Crippen molar-refractivity contribution >= 4 is 28.8 Å². The van der Waals surface area contributed by atoms with Crippen LogP contribution in [0.3, 0.4) is 0 Å². The highest BCUT2D eigenvalue weighted by Crippen LogP contribution is 2.28. The minimum Gasteiger partial charge on any atom is -0.493 e. The fraction of sp³-hybridized carbons (Fsp3) is 0.280. The van der Waals surface area contributed by atoms with Crippen molar-refractivity contribution in [3.63, 3.8) is 0 Å². The molecule has 0 fully saturated rings. The molecule has 2 N–H and O–H groups in total. The summed E-state index contributed by atoms with van der Waals surface area (Å²) in [5.41, 5.74) is 2.46. The summed E-state index contributed by atoms with van der Waals surface area (Å²) >= 11 is 0. The smallest absolute Gasteiger partial charge is 0.267 e. The lowest BCUT2D eigenvalue weighted by molar-refractivity contribution is -0.117. The molecular weight excluding hydrogens is 406 g/mol. The van der Waals surface area contributed by atoms with E-state index in [0.717, 1.165) is 29.4 Å². The van der Waals surface area contributed by atoms with E-state index < -0.39 is 5.91 Å². The summed E-state index contributed by atoms with van der Waals surface area (Å²) in [6.45, 7) is 5.34. The van der Waals surface area contributed by atoms with Crippen LogP contribution in [0.15, 0.2) is 54.4 Å². The molecule has 0 saturated heterocycles. The van der Waals surface area contributed by atoms with E-state index in [1.54, 1.807) is 24.3 Å². The molecule has 32 heavy (non-hydrogen) atoms. The third-order valence-corrected chi connectivity index (χ3v) is 5.13. The van der Waals surface area contributed by atoms with Crippen LogP contribution in [0.25, 0.3) is 17.0 Å². The number of hydrogen-bond donors (Lipinski definition) is 2. The van der Waals surface area contributed by atoms with Crippen molar-refractivity contribution < 1.29 is 19.1 Å². The molecule has 7 heteroatoms. The summed E-state index contributed by atoms with van der Waals surface area (Å²) in [5.74, 6) is 0.206. The number of methoxy groups -OCH3 is 2. The van der Waals surface area contributed by atoms with Crippen molar-refractivity contribution in [2.75, 3.05) is 20.8 Å². The number of nitrogens with zero attached hydrogens (tertiary/aromatic N) is 1. The summed E-state index contributed by atoms with van der Waals surface area (Å²) < 4.78 is 12.6. The topological polar surface area (TPSA) is 81.6 Å². The normalized spacial score (nSPS) is 11.3. The van der Waals surface area contributed by atoms with Gasteiger partial charge in [0.1, 0.15) is 5.70 Å². The van der Waals surface area contributed by atoms with Crippen LogP contribution in [0, 0.1) is 0 Å². The lowest BCUT2D eigenvalue weighted by Gasteiger charge is -2.12. The number of hydrogen-bond acceptors (Lipinski definition) is 4. The van der Waals surface area contributed by atoms with Gasteiger partial charge in [0.15, 0.2) is 11.5 Å². The number of para-hydroxylation sites is 1. The quantitative estimate of drug-likeness (QED) is 0.498. The maximum atomic E-state index is 13.0. The van der Waals surface area contributed by atoms with Gasteiger partial charge in [-0.3, -0.25) is 9.59 Å². The van der Waals surface area contributed by atoms with Gasteiger partial charge in [-0.15, -0.1) is 0 Å². The number of amides is 2. The Labute approximate surface area is 188 Å². The van der Waals surface area contributed by atoms with Crippen molar-refractivity contribution in [2.24, 2.45) is 0 Å². The molecule has 0 spiro atoms. The molecule has 3 aromatic rings. The number of carbonyl (C=O) groups excluding carboxylic acids is 2. The van der Waals surface area contributed by atoms with Gasteiger partial charge in [0.05, 0.1) is 14.2 Å². The molecule has 7 nitrogen and oxygen atoms in total. The van der Waals surface area contributed by atoms with Crippen molar-refractivity contribution in [1.29, 1.82) is 0 Å². The van der Waals surface area contributed by atoms with Crippen LogP contribution in [0.5, 0.6) is 11.5 Å². The molecule has 2 aromatic carbocycles. The van der Waals surface area contributed by atoms with Gasteiger partial charge in [0, 0.05) is 41.3 Å². The highest BCUT2D eigenvalue weighted by Gasteiger charge is 2.17. The van der Waals surface area contributed by atoms with Crippen LogP contribution >= 0.6 is 0 Å². The fourth-order valence-corrected chi connectivity index (χ4v) is 3.47. The maximum absolute atomic E-state index is 13.0. The lowest BCUT2D eigenvalue weighted by atomic mass is 10.1. The van der Waals surface area contributed by atoms with E-state index in [-0.39, 0.29) is 11.6 Å². The van der Waals surface area contributed by atoms with Crippen LogP contribution in [0.4, 0.5) is 0 Å². The molecule has 168 valence electrons. The van der Waals surface area contributed by atoms with E-state index in [1.807, 2.05) is 37.4 Å². The first-order valence-electron chi connectivity index (χ1n) is 10.6. The van der Waals surface area contributed by atoms with Crippen LogP contribution in [0.1, 0.15) is 36.2 Å². The zero-order valence-corrected chi connectivity index (χ0v) is 18.9. The fourth-order valence-electron chi connectivity index (χ4n) is 3.47. The third kappa shape index (κ3) is 4.94. The lowest BCUT2D eigenvalue weighted by Crippen LogP contribution is -2.35. The molecule has 0 unspecified atom stereocenters. The first-order chi connectivity index (χ1) is 15.5. The SMILES string of the molecule is CCCNC(=O)C(=Cc1cn(CC)c2ccccc12)NC(=O)c1ccc(OC)c(OC)c1. The number of benzene rings is 2. The van der Waals surface area contributed by atoms with Crippen LogP contribution < -0.4 is 20.1 Å². The predicted octanol–water partition coefficient (Wildman–Crippen LogP) is 3.98. The molecule has 1 heterocycles. The summed E-state index contributed by atoms with van der Waals surface area (Å²) in [5, 5.41) is 6.63. The monoisotopic (exact) mass is 435 g/mol. The predicted molar refractivity (Wildman–Crippen MR) is 126 cm³/mol. The Kier molecular flexibility index (Phi) is 7.54. The van der Waals surface area contributed by atoms with Gasteiger partial charge < -0.3 is 24.7 Å². The second-order valence-corrected chi connectivity index (χ2v) is 7.23. The van der Waals surface area contributed by atoms with E-state index in [2.05, 4.69) is 22.1 Å². The maximum Gasteiger partial charge on any atom is 0.267 e. The first-order valence-corrected chi connectivity index (χ1v) is 10.6. The van der Waals surface area contributed by atoms with Gasteiger partial charge in [-0.1, -0.05) is 25.1 Å². The number of aromatic nitrogens is 1. The largest absolute Gasteiger partial charge is 0.493 e. The van der Waals surface area contributed by atoms with E-state index >= 15 is 0 Å². The van der Waals surface area contributed by atoms with Crippen LogP contribution in [-0.2, 0) is 11.3 Å². The van der Waals surface area contributed by atoms with Crippen molar-refractivity contribution in [2.45, 2.75) is 26.8 Å². The molecule has 0 aliphatic heterocycles. The highest BCUT2D eigenvalue weighted by molar-refractivity contribution is 6.06. The van der Waals surface area contributed by atoms with Crippen LogP contribution in [-0.4, -0.2) is 37.1 Å². The molecule has 0 aliphatic carbocycles. The second-order valence-electron chi connectivity index (χ2n) is 7.23. The van der Waals surface area contributed by atoms with E-state index in [4.69, 9.17) is 9.47 Å². The summed E-state index contributed by atoms with van der Waals surface area (Å²) in [7, 11) is 3.04. The van der Waals surface area contributed by atoms with Gasteiger partial charge in [0.25, 0.3) is 11.8 Å². The minimum absolute atomic E-state index is 0.178. The highest BCUT2D eigenvalue weighted by atomic mass is 16.5. The van der Waals surface area contributed by atoms with E-state index in [0.29, 0.717) is 23.6 Å². The Balaban J connectivity index is 1.99. The Bertz CT molecular complexity index is 1150. The number of rotatable bonds is 9.